The van der Waals surface area contributed by atoms with Crippen molar-refractivity contribution in [1.82, 2.24) is 4.98 Å². The zero-order valence-electron chi connectivity index (χ0n) is 5.81. The minimum Gasteiger partial charge on any atom is -0.429 e. The van der Waals surface area contributed by atoms with E-state index in [9.17, 15) is 0 Å². The zero-order chi connectivity index (χ0) is 8.69. The minimum atomic E-state index is 0. The number of hydrogen-bond acceptors (Lipinski definition) is 5. The second-order valence-electron chi connectivity index (χ2n) is 1.59. The largest absolute Gasteiger partial charge is 0.482 e. The summed E-state index contributed by atoms with van der Waals surface area (Å²) in [5.41, 5.74) is 11.2. The van der Waals surface area contributed by atoms with Crippen LogP contribution in [0.25, 0.3) is 0 Å². The van der Waals surface area contributed by atoms with Gasteiger partial charge in [-0.15, -0.1) is 0 Å². The summed E-state index contributed by atoms with van der Waals surface area (Å²) >= 11 is 0. The molecule has 0 aliphatic rings. The molecule has 0 atom stereocenters. The van der Waals surface area contributed by atoms with Crippen molar-refractivity contribution in [2.24, 2.45) is 0 Å². The van der Waals surface area contributed by atoms with Crippen LogP contribution in [0.5, 0.6) is 0 Å². The second kappa shape index (κ2) is 5.51. The highest BCUT2D eigenvalue weighted by molar-refractivity contribution is 6.13. The predicted molar refractivity (Wildman–Crippen MR) is 43.3 cm³/mol. The quantitative estimate of drug-likeness (QED) is 0.349. The van der Waals surface area contributed by atoms with Gasteiger partial charge < -0.3 is 21.5 Å². The molecule has 0 amide bonds. The fourth-order valence-corrected chi connectivity index (χ4v) is 0.430. The predicted octanol–water partition coefficient (Wildman–Crippen LogP) is -1.25. The lowest BCUT2D eigenvalue weighted by atomic mass is 10.4. The number of hydrogen-bond donors (Lipinski definition) is 4. The molecule has 0 aliphatic carbocycles. The van der Waals surface area contributed by atoms with Crippen molar-refractivity contribution in [3.8, 4) is 0 Å². The molecule has 59 valence electrons. The van der Waals surface area contributed by atoms with Gasteiger partial charge in [-0.25, -0.2) is 4.98 Å². The fourth-order valence-electron chi connectivity index (χ4n) is 0.430. The van der Waals surface area contributed by atoms with Gasteiger partial charge in [0.15, 0.2) is 0 Å². The first-order valence-corrected chi connectivity index (χ1v) is 2.78. The average molecular weight is 154 g/mol. The molecule has 1 heterocycles. The van der Waals surface area contributed by atoms with Crippen molar-refractivity contribution in [1.29, 1.82) is 0 Å². The van der Waals surface area contributed by atoms with Crippen molar-refractivity contribution < 1.29 is 10.0 Å². The smallest absolute Gasteiger partial charge is 0.429 e. The van der Waals surface area contributed by atoms with E-state index in [0.29, 0.717) is 11.5 Å². The number of aromatic nitrogens is 1. The lowest BCUT2D eigenvalue weighted by molar-refractivity contribution is 0.448. The van der Waals surface area contributed by atoms with E-state index in [2.05, 4.69) is 4.98 Å². The molecule has 0 spiro atoms. The first-order chi connectivity index (χ1) is 5.22. The number of anilines is 2. The molecule has 6 heteroatoms. The van der Waals surface area contributed by atoms with Crippen LogP contribution in [-0.2, 0) is 0 Å². The highest BCUT2D eigenvalue weighted by Gasteiger charge is 1.87. The van der Waals surface area contributed by atoms with Crippen LogP contribution in [-0.4, -0.2) is 22.7 Å². The molecule has 1 radical (unpaired) electrons. The summed E-state index contributed by atoms with van der Waals surface area (Å²) in [5, 5.41) is 14.0. The van der Waals surface area contributed by atoms with Gasteiger partial charge >= 0.3 is 7.69 Å². The summed E-state index contributed by atoms with van der Waals surface area (Å²) in [4.78, 5) is 3.73. The fraction of sp³-hybridized carbons (Fsp3) is 0. The van der Waals surface area contributed by atoms with Gasteiger partial charge in [-0.2, -0.15) is 0 Å². The van der Waals surface area contributed by atoms with Crippen LogP contribution >= 0.6 is 0 Å². The van der Waals surface area contributed by atoms with Crippen LogP contribution < -0.4 is 11.5 Å². The Morgan fingerprint density at radius 3 is 2.18 bits per heavy atom. The van der Waals surface area contributed by atoms with E-state index >= 15 is 0 Å². The van der Waals surface area contributed by atoms with Crippen molar-refractivity contribution in [2.45, 2.75) is 0 Å². The Hall–Kier alpha value is -1.27. The molecule has 0 saturated heterocycles. The van der Waals surface area contributed by atoms with Gasteiger partial charge in [-0.05, 0) is 12.1 Å². The molecular formula is C5H9BN3O2. The maximum atomic E-state index is 7.00. The Morgan fingerprint density at radius 1 is 1.36 bits per heavy atom. The average Bonchev–Trinajstić information content (AvgIpc) is 1.97. The van der Waals surface area contributed by atoms with Gasteiger partial charge in [0.05, 0.1) is 5.69 Å². The first kappa shape index (κ1) is 9.73. The van der Waals surface area contributed by atoms with Crippen molar-refractivity contribution >= 4 is 19.2 Å². The maximum Gasteiger partial charge on any atom is 0.482 e. The van der Waals surface area contributed by atoms with E-state index in [0.717, 1.165) is 0 Å². The summed E-state index contributed by atoms with van der Waals surface area (Å²) < 4.78 is 0. The number of nitrogen functional groups attached to an aromatic ring is 2. The minimum absolute atomic E-state index is 0. The van der Waals surface area contributed by atoms with E-state index in [1.807, 2.05) is 0 Å². The van der Waals surface area contributed by atoms with E-state index in [-0.39, 0.29) is 7.69 Å². The van der Waals surface area contributed by atoms with Gasteiger partial charge in [-0.3, -0.25) is 0 Å². The van der Waals surface area contributed by atoms with Crippen LogP contribution in [0.2, 0.25) is 0 Å². The molecule has 0 bridgehead atoms. The third-order valence-electron chi connectivity index (χ3n) is 0.871. The van der Waals surface area contributed by atoms with E-state index in [1.165, 1.54) is 0 Å². The molecule has 0 aliphatic heterocycles. The number of nitrogens with two attached hydrogens (primary N) is 2. The van der Waals surface area contributed by atoms with Crippen molar-refractivity contribution in [3.05, 3.63) is 18.3 Å². The SMILES string of the molecule is Nc1cccnc1N.O[B]O. The maximum absolute atomic E-state index is 7.00. The normalized spacial score (nSPS) is 7.82. The molecule has 1 aromatic heterocycles. The first-order valence-electron chi connectivity index (χ1n) is 2.78. The van der Waals surface area contributed by atoms with Crippen LogP contribution in [0, 0.1) is 0 Å². The van der Waals surface area contributed by atoms with Gasteiger partial charge in [0, 0.05) is 6.20 Å². The molecule has 0 aromatic carbocycles. The summed E-state index contributed by atoms with van der Waals surface area (Å²) in [6.45, 7) is 0. The Morgan fingerprint density at radius 2 is 1.91 bits per heavy atom. The van der Waals surface area contributed by atoms with Crippen LogP contribution in [0.4, 0.5) is 11.5 Å². The summed E-state index contributed by atoms with van der Waals surface area (Å²) in [6.07, 6.45) is 1.60. The highest BCUT2D eigenvalue weighted by atomic mass is 16.4. The summed E-state index contributed by atoms with van der Waals surface area (Å²) in [7, 11) is 0. The van der Waals surface area contributed by atoms with Crippen LogP contribution in [0.1, 0.15) is 0 Å². The molecular weight excluding hydrogens is 145 g/mol. The third-order valence-corrected chi connectivity index (χ3v) is 0.871. The second-order valence-corrected chi connectivity index (χ2v) is 1.59. The molecule has 0 fully saturated rings. The molecule has 1 aromatic rings. The molecule has 11 heavy (non-hydrogen) atoms. The lowest BCUT2D eigenvalue weighted by Gasteiger charge is -1.92. The Balaban J connectivity index is 0.000000292. The third kappa shape index (κ3) is 4.18. The zero-order valence-corrected chi connectivity index (χ0v) is 5.81. The monoisotopic (exact) mass is 154 g/mol. The lowest BCUT2D eigenvalue weighted by Crippen LogP contribution is -1.95. The van der Waals surface area contributed by atoms with Crippen molar-refractivity contribution in [2.75, 3.05) is 11.5 Å². The van der Waals surface area contributed by atoms with E-state index < -0.39 is 0 Å². The molecule has 0 saturated carbocycles. The molecule has 6 N–H and O–H groups in total. The summed E-state index contributed by atoms with van der Waals surface area (Å²) in [6, 6.07) is 3.45. The Bertz CT molecular complexity index is 188. The van der Waals surface area contributed by atoms with Gasteiger partial charge in [-0.1, -0.05) is 0 Å². The molecule has 5 nitrogen and oxygen atoms in total. The number of pyridine rings is 1. The van der Waals surface area contributed by atoms with Crippen molar-refractivity contribution in [3.63, 3.8) is 0 Å². The number of rotatable bonds is 0. The van der Waals surface area contributed by atoms with Crippen LogP contribution in [0.15, 0.2) is 18.3 Å². The Labute approximate surface area is 65.0 Å². The van der Waals surface area contributed by atoms with E-state index in [4.69, 9.17) is 21.5 Å². The van der Waals surface area contributed by atoms with E-state index in [1.54, 1.807) is 18.3 Å². The standard InChI is InChI=1S/C5H7N3.BH2O2/c6-4-2-1-3-8-5(4)7;2-1-3/h1-3H,6H2,(H2,7,8);2-3H. The Kier molecular flexibility index (Phi) is 4.88. The van der Waals surface area contributed by atoms with Crippen LogP contribution in [0.3, 0.4) is 0 Å². The van der Waals surface area contributed by atoms with Gasteiger partial charge in [0.25, 0.3) is 0 Å². The topological polar surface area (TPSA) is 105 Å². The molecule has 1 rings (SSSR count). The number of nitrogens with zero attached hydrogens (tertiary/aromatic N) is 1. The van der Waals surface area contributed by atoms with Gasteiger partial charge in [0.2, 0.25) is 0 Å². The molecule has 0 unspecified atom stereocenters. The van der Waals surface area contributed by atoms with Gasteiger partial charge in [0.1, 0.15) is 5.82 Å². The highest BCUT2D eigenvalue weighted by Crippen LogP contribution is 2.06. The summed E-state index contributed by atoms with van der Waals surface area (Å²) in [5.74, 6) is 0.396.